The summed E-state index contributed by atoms with van der Waals surface area (Å²) in [5.41, 5.74) is -0.0674. The zero-order valence-corrected chi connectivity index (χ0v) is 21.6. The molecule has 4 rings (SSSR count). The first-order valence-electron chi connectivity index (χ1n) is 11.0. The van der Waals surface area contributed by atoms with Crippen LogP contribution in [0.15, 0.2) is 63.1 Å². The zero-order chi connectivity index (χ0) is 28.3. The lowest BCUT2D eigenvalue weighted by atomic mass is 10.1. The SMILES string of the molecule is COC(=O)c1ccc(CN2C(=O)N/C(=C\c3cc(Br)cc([N+](=O)[O-])c3OCc3cccc(C(=O)O)c3)C2=O)o1. The lowest BCUT2D eigenvalue weighted by Gasteiger charge is -2.12. The number of ether oxygens (including phenoxy) is 2. The monoisotopic (exact) mass is 599 g/mol. The number of furan rings is 1. The molecule has 0 atom stereocenters. The maximum absolute atomic E-state index is 13.0. The van der Waals surface area contributed by atoms with E-state index in [9.17, 15) is 34.4 Å². The molecular formula is C25H18BrN3O10. The van der Waals surface area contributed by atoms with Crippen LogP contribution < -0.4 is 10.1 Å². The number of benzene rings is 2. The van der Waals surface area contributed by atoms with Gasteiger partial charge in [0.15, 0.2) is 0 Å². The van der Waals surface area contributed by atoms with Crippen LogP contribution in [-0.4, -0.2) is 45.9 Å². The van der Waals surface area contributed by atoms with Crippen LogP contribution in [-0.2, 0) is 22.7 Å². The molecule has 1 saturated heterocycles. The van der Waals surface area contributed by atoms with E-state index < -0.39 is 34.5 Å². The van der Waals surface area contributed by atoms with E-state index >= 15 is 0 Å². The average molecular weight is 600 g/mol. The Morgan fingerprint density at radius 2 is 1.97 bits per heavy atom. The summed E-state index contributed by atoms with van der Waals surface area (Å²) in [6.07, 6.45) is 1.23. The number of nitrogens with one attached hydrogen (secondary N) is 1. The van der Waals surface area contributed by atoms with Gasteiger partial charge in [-0.05, 0) is 42.0 Å². The van der Waals surface area contributed by atoms with E-state index in [-0.39, 0.29) is 47.2 Å². The molecule has 39 heavy (non-hydrogen) atoms. The molecule has 0 spiro atoms. The lowest BCUT2D eigenvalue weighted by molar-refractivity contribution is -0.386. The van der Waals surface area contributed by atoms with Gasteiger partial charge in [-0.15, -0.1) is 0 Å². The second-order valence-corrected chi connectivity index (χ2v) is 8.95. The highest BCUT2D eigenvalue weighted by Crippen LogP contribution is 2.37. The minimum Gasteiger partial charge on any atom is -0.482 e. The third-order valence-electron chi connectivity index (χ3n) is 5.44. The zero-order valence-electron chi connectivity index (χ0n) is 20.0. The van der Waals surface area contributed by atoms with Crippen LogP contribution >= 0.6 is 15.9 Å². The first-order valence-corrected chi connectivity index (χ1v) is 11.8. The molecule has 200 valence electrons. The third-order valence-corrected chi connectivity index (χ3v) is 5.90. The van der Waals surface area contributed by atoms with Gasteiger partial charge in [0.2, 0.25) is 11.5 Å². The number of nitrogens with zero attached hydrogens (tertiary/aromatic N) is 2. The number of carbonyl (C=O) groups excluding carboxylic acids is 3. The molecule has 1 aliphatic rings. The van der Waals surface area contributed by atoms with Gasteiger partial charge in [0, 0.05) is 16.1 Å². The van der Waals surface area contributed by atoms with E-state index in [4.69, 9.17) is 9.15 Å². The molecule has 0 radical (unpaired) electrons. The Kier molecular flexibility index (Phi) is 7.76. The van der Waals surface area contributed by atoms with Gasteiger partial charge in [-0.1, -0.05) is 28.1 Å². The summed E-state index contributed by atoms with van der Waals surface area (Å²) in [6, 6.07) is 10.5. The Balaban J connectivity index is 1.63. The molecule has 0 saturated carbocycles. The predicted octanol–water partition coefficient (Wildman–Crippen LogP) is 4.11. The number of halogens is 1. The number of amides is 3. The fourth-order valence-electron chi connectivity index (χ4n) is 3.65. The first kappa shape index (κ1) is 27.1. The lowest BCUT2D eigenvalue weighted by Crippen LogP contribution is -2.30. The smallest absolute Gasteiger partial charge is 0.373 e. The van der Waals surface area contributed by atoms with Crippen LogP contribution in [0, 0.1) is 10.1 Å². The minimum absolute atomic E-state index is 0.0124. The molecule has 14 heteroatoms. The number of aromatic carboxylic acids is 1. The van der Waals surface area contributed by atoms with E-state index in [2.05, 4.69) is 26.0 Å². The van der Waals surface area contributed by atoms with Crippen LogP contribution in [0.1, 0.15) is 37.8 Å². The fraction of sp³-hybridized carbons (Fsp3) is 0.120. The number of carboxylic acid groups (broad SMARTS) is 1. The maximum atomic E-state index is 13.0. The van der Waals surface area contributed by atoms with Crippen LogP contribution in [0.2, 0.25) is 0 Å². The Morgan fingerprint density at radius 3 is 2.67 bits per heavy atom. The Hall–Kier alpha value is -4.98. The third kappa shape index (κ3) is 5.96. The number of hydrogen-bond donors (Lipinski definition) is 2. The van der Waals surface area contributed by atoms with Gasteiger partial charge in [-0.2, -0.15) is 0 Å². The number of nitro benzene ring substituents is 1. The van der Waals surface area contributed by atoms with Gasteiger partial charge in [0.25, 0.3) is 5.91 Å². The topological polar surface area (TPSA) is 179 Å². The second-order valence-electron chi connectivity index (χ2n) is 8.03. The molecule has 1 aromatic heterocycles. The van der Waals surface area contributed by atoms with Crippen molar-refractivity contribution in [1.82, 2.24) is 10.2 Å². The molecule has 3 amide bonds. The molecule has 13 nitrogen and oxygen atoms in total. The minimum atomic E-state index is -1.15. The normalized spacial score (nSPS) is 13.9. The van der Waals surface area contributed by atoms with Crippen molar-refractivity contribution in [3.8, 4) is 5.75 Å². The van der Waals surface area contributed by atoms with E-state index in [1.165, 1.54) is 55.7 Å². The number of rotatable bonds is 9. The standard InChI is InChI=1S/C25H18BrN3O10/c1-37-24(33)20-6-5-17(39-20)11-28-22(30)18(27-25(28)34)9-15-8-16(26)10-19(29(35)36)21(15)38-12-13-3-2-4-14(7-13)23(31)32/h2-10H,11-12H2,1H3,(H,27,34)(H,31,32)/b18-9-. The van der Waals surface area contributed by atoms with Gasteiger partial charge in [0.05, 0.1) is 24.1 Å². The van der Waals surface area contributed by atoms with Crippen molar-refractivity contribution in [2.24, 2.45) is 0 Å². The van der Waals surface area contributed by atoms with Crippen molar-refractivity contribution in [3.63, 3.8) is 0 Å². The van der Waals surface area contributed by atoms with Gasteiger partial charge in [-0.25, -0.2) is 14.4 Å². The molecule has 1 aliphatic heterocycles. The number of carboxylic acids is 1. The van der Waals surface area contributed by atoms with Gasteiger partial charge in [-0.3, -0.25) is 19.8 Å². The number of hydrogen-bond acceptors (Lipinski definition) is 9. The molecule has 2 N–H and O–H groups in total. The molecular weight excluding hydrogens is 582 g/mol. The van der Waals surface area contributed by atoms with E-state index in [1.807, 2.05) is 0 Å². The number of nitro groups is 1. The summed E-state index contributed by atoms with van der Waals surface area (Å²) in [5.74, 6) is -2.78. The number of urea groups is 1. The highest BCUT2D eigenvalue weighted by Gasteiger charge is 2.35. The quantitative estimate of drug-likeness (QED) is 0.119. The van der Waals surface area contributed by atoms with Crippen LogP contribution in [0.5, 0.6) is 5.75 Å². The summed E-state index contributed by atoms with van der Waals surface area (Å²) in [5, 5.41) is 23.4. The largest absolute Gasteiger partial charge is 0.482 e. The highest BCUT2D eigenvalue weighted by atomic mass is 79.9. The van der Waals surface area contributed by atoms with Gasteiger partial charge < -0.3 is 24.3 Å². The van der Waals surface area contributed by atoms with Crippen molar-refractivity contribution >= 4 is 51.6 Å². The van der Waals surface area contributed by atoms with Crippen molar-refractivity contribution in [2.75, 3.05) is 7.11 Å². The van der Waals surface area contributed by atoms with E-state index in [0.717, 1.165) is 4.90 Å². The van der Waals surface area contributed by atoms with Crippen molar-refractivity contribution in [3.05, 3.63) is 97.0 Å². The Bertz CT molecular complexity index is 1540. The fourth-order valence-corrected chi connectivity index (χ4v) is 4.11. The number of carbonyl (C=O) groups is 4. The van der Waals surface area contributed by atoms with Crippen LogP contribution in [0.25, 0.3) is 6.08 Å². The molecule has 2 heterocycles. The number of imide groups is 1. The average Bonchev–Trinajstić information content (AvgIpc) is 3.47. The van der Waals surface area contributed by atoms with Crippen LogP contribution in [0.3, 0.4) is 0 Å². The van der Waals surface area contributed by atoms with Crippen LogP contribution in [0.4, 0.5) is 10.5 Å². The van der Waals surface area contributed by atoms with Gasteiger partial charge >= 0.3 is 23.7 Å². The molecule has 3 aromatic rings. The number of esters is 1. The second kappa shape index (κ2) is 11.2. The van der Waals surface area contributed by atoms with Crippen molar-refractivity contribution < 1.29 is 43.1 Å². The summed E-state index contributed by atoms with van der Waals surface area (Å²) in [7, 11) is 1.18. The Morgan fingerprint density at radius 1 is 1.21 bits per heavy atom. The summed E-state index contributed by atoms with van der Waals surface area (Å²) >= 11 is 3.20. The van der Waals surface area contributed by atoms with E-state index in [1.54, 1.807) is 6.07 Å². The molecule has 0 bridgehead atoms. The molecule has 2 aromatic carbocycles. The predicted molar refractivity (Wildman–Crippen MR) is 136 cm³/mol. The van der Waals surface area contributed by atoms with Gasteiger partial charge in [0.1, 0.15) is 18.1 Å². The molecule has 0 unspecified atom stereocenters. The molecule has 1 fully saturated rings. The number of methoxy groups -OCH3 is 1. The first-order chi connectivity index (χ1) is 18.6. The van der Waals surface area contributed by atoms with Crippen molar-refractivity contribution in [1.29, 1.82) is 0 Å². The Labute approximate surface area is 227 Å². The molecule has 0 aliphatic carbocycles. The summed E-state index contributed by atoms with van der Waals surface area (Å²) in [6.45, 7) is -0.506. The summed E-state index contributed by atoms with van der Waals surface area (Å²) < 4.78 is 15.9. The highest BCUT2D eigenvalue weighted by molar-refractivity contribution is 9.10. The van der Waals surface area contributed by atoms with Crippen molar-refractivity contribution in [2.45, 2.75) is 13.2 Å². The van der Waals surface area contributed by atoms with E-state index in [0.29, 0.717) is 10.0 Å². The maximum Gasteiger partial charge on any atom is 0.373 e. The summed E-state index contributed by atoms with van der Waals surface area (Å²) in [4.78, 5) is 60.3.